The molecule has 0 aromatic heterocycles. The molecule has 3 aromatic rings. The molecule has 1 atom stereocenters. The van der Waals surface area contributed by atoms with Crippen molar-refractivity contribution in [1.29, 1.82) is 0 Å². The minimum atomic E-state index is -0.761. The number of amides is 2. The fourth-order valence-corrected chi connectivity index (χ4v) is 4.31. The van der Waals surface area contributed by atoms with Crippen LogP contribution in [0.4, 0.5) is 5.69 Å². The predicted octanol–water partition coefficient (Wildman–Crippen LogP) is 4.93. The number of carbonyl (C=O) groups is 3. The lowest BCUT2D eigenvalue weighted by molar-refractivity contribution is -0.141. The molecule has 1 N–H and O–H groups in total. The Kier molecular flexibility index (Phi) is 6.77. The van der Waals surface area contributed by atoms with Gasteiger partial charge in [0.15, 0.2) is 0 Å². The van der Waals surface area contributed by atoms with E-state index in [1.807, 2.05) is 37.3 Å². The van der Waals surface area contributed by atoms with Crippen LogP contribution < -0.4 is 9.64 Å². The van der Waals surface area contributed by atoms with Crippen LogP contribution in [0.3, 0.4) is 0 Å². The lowest BCUT2D eigenvalue weighted by atomic mass is 9.95. The average Bonchev–Trinajstić information content (AvgIpc) is 3.11. The Morgan fingerprint density at radius 3 is 2.09 bits per heavy atom. The summed E-state index contributed by atoms with van der Waals surface area (Å²) in [5.41, 5.74) is 4.43. The number of methoxy groups -OCH3 is 1. The van der Waals surface area contributed by atoms with Gasteiger partial charge in [0.2, 0.25) is 0 Å². The third-order valence-electron chi connectivity index (χ3n) is 6.35. The van der Waals surface area contributed by atoms with Crippen molar-refractivity contribution < 1.29 is 24.2 Å². The lowest BCUT2D eigenvalue weighted by Crippen LogP contribution is -2.29. The first-order valence-electron chi connectivity index (χ1n) is 11.4. The zero-order valence-corrected chi connectivity index (χ0v) is 19.3. The Labute approximate surface area is 198 Å². The number of fused-ring (bicyclic) bond motifs is 1. The van der Waals surface area contributed by atoms with Crippen LogP contribution in [0.15, 0.2) is 66.7 Å². The van der Waals surface area contributed by atoms with Gasteiger partial charge in [-0.15, -0.1) is 0 Å². The van der Waals surface area contributed by atoms with Crippen LogP contribution in [0.25, 0.3) is 0 Å². The van der Waals surface area contributed by atoms with E-state index in [9.17, 15) is 19.5 Å². The molecule has 0 saturated heterocycles. The molecule has 6 nitrogen and oxygen atoms in total. The zero-order chi connectivity index (χ0) is 24.2. The average molecular weight is 458 g/mol. The van der Waals surface area contributed by atoms with Gasteiger partial charge < -0.3 is 9.84 Å². The van der Waals surface area contributed by atoms with Gasteiger partial charge >= 0.3 is 5.97 Å². The lowest BCUT2D eigenvalue weighted by Gasteiger charge is -2.17. The van der Waals surface area contributed by atoms with Crippen LogP contribution >= 0.6 is 0 Å². The highest BCUT2D eigenvalue weighted by Crippen LogP contribution is 2.32. The summed E-state index contributed by atoms with van der Waals surface area (Å²) in [6, 6.07) is 20.3. The summed E-state index contributed by atoms with van der Waals surface area (Å²) < 4.78 is 5.57. The fourth-order valence-electron chi connectivity index (χ4n) is 4.31. The standard InChI is InChI=1S/C28H27NO5/c1-3-20(28(32)33)16-19-10-8-18(9-11-19)12-13-21-14-15-22(17-25(21)34-2)29-26(30)23-6-4-5-7-24(23)27(29)31/h4-11,14-15,17,20H,3,12-13,16H2,1-2H3,(H,32,33). The Bertz CT molecular complexity index is 1200. The molecule has 6 heteroatoms. The normalized spacial score (nSPS) is 13.6. The molecule has 0 bridgehead atoms. The second-order valence-corrected chi connectivity index (χ2v) is 8.45. The van der Waals surface area contributed by atoms with Gasteiger partial charge in [0.05, 0.1) is 29.8 Å². The van der Waals surface area contributed by atoms with Crippen molar-refractivity contribution in [3.8, 4) is 5.75 Å². The molecule has 0 saturated carbocycles. The highest BCUT2D eigenvalue weighted by molar-refractivity contribution is 6.34. The van der Waals surface area contributed by atoms with E-state index in [4.69, 9.17) is 4.74 Å². The van der Waals surface area contributed by atoms with E-state index in [0.29, 0.717) is 35.4 Å². The van der Waals surface area contributed by atoms with Gasteiger partial charge in [0, 0.05) is 6.07 Å². The zero-order valence-electron chi connectivity index (χ0n) is 19.3. The Morgan fingerprint density at radius 1 is 0.912 bits per heavy atom. The quantitative estimate of drug-likeness (QED) is 0.461. The van der Waals surface area contributed by atoms with E-state index in [0.717, 1.165) is 29.5 Å². The maximum atomic E-state index is 12.8. The van der Waals surface area contributed by atoms with E-state index >= 15 is 0 Å². The molecule has 0 fully saturated rings. The number of hydrogen-bond donors (Lipinski definition) is 1. The van der Waals surface area contributed by atoms with Gasteiger partial charge in [-0.2, -0.15) is 0 Å². The number of benzene rings is 3. The first kappa shape index (κ1) is 23.2. The Morgan fingerprint density at radius 2 is 1.53 bits per heavy atom. The second kappa shape index (κ2) is 9.91. The molecule has 0 radical (unpaired) electrons. The van der Waals surface area contributed by atoms with E-state index in [1.165, 1.54) is 4.90 Å². The molecular weight excluding hydrogens is 430 g/mol. The number of nitrogens with zero attached hydrogens (tertiary/aromatic N) is 1. The molecule has 2 amide bonds. The number of ether oxygens (including phenoxy) is 1. The highest BCUT2D eigenvalue weighted by atomic mass is 16.5. The molecule has 174 valence electrons. The third kappa shape index (κ3) is 4.57. The summed E-state index contributed by atoms with van der Waals surface area (Å²) in [6.45, 7) is 1.89. The van der Waals surface area contributed by atoms with Crippen molar-refractivity contribution in [2.75, 3.05) is 12.0 Å². The van der Waals surface area contributed by atoms with Gasteiger partial charge in [0.25, 0.3) is 11.8 Å². The monoisotopic (exact) mass is 457 g/mol. The molecular formula is C28H27NO5. The summed E-state index contributed by atoms with van der Waals surface area (Å²) in [5, 5.41) is 9.26. The molecule has 34 heavy (non-hydrogen) atoms. The molecule has 3 aromatic carbocycles. The van der Waals surface area contributed by atoms with Gasteiger partial charge in [-0.05, 0) is 60.6 Å². The van der Waals surface area contributed by atoms with Crippen LogP contribution in [-0.2, 0) is 24.1 Å². The van der Waals surface area contributed by atoms with Gasteiger partial charge in [-0.25, -0.2) is 4.90 Å². The largest absolute Gasteiger partial charge is 0.496 e. The third-order valence-corrected chi connectivity index (χ3v) is 6.35. The van der Waals surface area contributed by atoms with Crippen molar-refractivity contribution in [2.24, 2.45) is 5.92 Å². The number of carboxylic acid groups (broad SMARTS) is 1. The van der Waals surface area contributed by atoms with E-state index < -0.39 is 5.97 Å². The number of aryl methyl sites for hydroxylation is 2. The van der Waals surface area contributed by atoms with Crippen molar-refractivity contribution >= 4 is 23.5 Å². The highest BCUT2D eigenvalue weighted by Gasteiger charge is 2.36. The SMILES string of the molecule is CCC(Cc1ccc(CCc2ccc(N3C(=O)c4ccccc4C3=O)cc2OC)cc1)C(=O)O. The van der Waals surface area contributed by atoms with Gasteiger partial charge in [0.1, 0.15) is 5.75 Å². The van der Waals surface area contributed by atoms with Crippen LogP contribution in [0, 0.1) is 5.92 Å². The molecule has 1 heterocycles. The summed E-state index contributed by atoms with van der Waals surface area (Å²) >= 11 is 0. The van der Waals surface area contributed by atoms with Crippen molar-refractivity contribution in [3.63, 3.8) is 0 Å². The molecule has 1 unspecified atom stereocenters. The number of hydrogen-bond acceptors (Lipinski definition) is 4. The Hall–Kier alpha value is -3.93. The van der Waals surface area contributed by atoms with Crippen molar-refractivity contribution in [3.05, 3.63) is 94.5 Å². The number of anilines is 1. The topological polar surface area (TPSA) is 83.9 Å². The smallest absolute Gasteiger partial charge is 0.306 e. The molecule has 0 aliphatic carbocycles. The van der Waals surface area contributed by atoms with E-state index in [-0.39, 0.29) is 17.7 Å². The van der Waals surface area contributed by atoms with E-state index in [1.54, 1.807) is 43.5 Å². The first-order valence-corrected chi connectivity index (χ1v) is 11.4. The minimum absolute atomic E-state index is 0.330. The fraction of sp³-hybridized carbons (Fsp3) is 0.250. The molecule has 1 aliphatic heterocycles. The number of carbonyl (C=O) groups excluding carboxylic acids is 2. The summed E-state index contributed by atoms with van der Waals surface area (Å²) in [4.78, 5) is 38.0. The van der Waals surface area contributed by atoms with Crippen molar-refractivity contribution in [2.45, 2.75) is 32.6 Å². The number of carboxylic acids is 1. The van der Waals surface area contributed by atoms with Crippen LogP contribution in [0.5, 0.6) is 5.75 Å². The molecule has 1 aliphatic rings. The minimum Gasteiger partial charge on any atom is -0.496 e. The van der Waals surface area contributed by atoms with Crippen molar-refractivity contribution in [1.82, 2.24) is 0 Å². The first-order chi connectivity index (χ1) is 16.4. The number of aliphatic carboxylic acids is 1. The summed E-state index contributed by atoms with van der Waals surface area (Å²) in [5.74, 6) is -1.16. The maximum Gasteiger partial charge on any atom is 0.306 e. The molecule has 4 rings (SSSR count). The number of imide groups is 1. The second-order valence-electron chi connectivity index (χ2n) is 8.45. The number of rotatable bonds is 9. The summed E-state index contributed by atoms with van der Waals surface area (Å²) in [7, 11) is 1.58. The van der Waals surface area contributed by atoms with Gasteiger partial charge in [-0.1, -0.05) is 49.4 Å². The van der Waals surface area contributed by atoms with Crippen LogP contribution in [-0.4, -0.2) is 30.0 Å². The van der Waals surface area contributed by atoms with Crippen LogP contribution in [0.1, 0.15) is 50.8 Å². The Balaban J connectivity index is 1.46. The predicted molar refractivity (Wildman–Crippen MR) is 130 cm³/mol. The van der Waals surface area contributed by atoms with Crippen LogP contribution in [0.2, 0.25) is 0 Å². The molecule has 0 spiro atoms. The van der Waals surface area contributed by atoms with Gasteiger partial charge in [-0.3, -0.25) is 14.4 Å². The summed E-state index contributed by atoms with van der Waals surface area (Å²) in [6.07, 6.45) is 2.63. The van der Waals surface area contributed by atoms with E-state index in [2.05, 4.69) is 0 Å². The maximum absolute atomic E-state index is 12.8.